The topological polar surface area (TPSA) is 0 Å². The Labute approximate surface area is 76.7 Å². The van der Waals surface area contributed by atoms with Crippen molar-refractivity contribution in [1.29, 1.82) is 0 Å². The molecule has 0 nitrogen and oxygen atoms in total. The average molecular weight is 166 g/mol. The maximum atomic E-state index is 2.51. The summed E-state index contributed by atoms with van der Waals surface area (Å²) in [6.07, 6.45) is 12.1. The molecule has 70 valence electrons. The van der Waals surface area contributed by atoms with Gasteiger partial charge in [0.25, 0.3) is 0 Å². The highest BCUT2D eigenvalue weighted by Crippen LogP contribution is 2.58. The quantitative estimate of drug-likeness (QED) is 0.507. The van der Waals surface area contributed by atoms with Gasteiger partial charge in [-0.3, -0.25) is 0 Å². The van der Waals surface area contributed by atoms with E-state index in [-0.39, 0.29) is 0 Å². The summed E-state index contributed by atoms with van der Waals surface area (Å²) in [5.41, 5.74) is 1.42. The monoisotopic (exact) mass is 166 g/mol. The Balaban J connectivity index is 2.19. The maximum absolute atomic E-state index is 2.51. The molecule has 0 aromatic carbocycles. The molecule has 0 N–H and O–H groups in total. The SMILES string of the molecule is CC1(C)CCCCC12CCCC2. The second-order valence-corrected chi connectivity index (χ2v) is 5.58. The second-order valence-electron chi connectivity index (χ2n) is 5.58. The van der Waals surface area contributed by atoms with Gasteiger partial charge in [-0.25, -0.2) is 0 Å². The Morgan fingerprint density at radius 3 is 1.58 bits per heavy atom. The molecular formula is C12H22. The van der Waals surface area contributed by atoms with E-state index in [2.05, 4.69) is 13.8 Å². The first-order valence-corrected chi connectivity index (χ1v) is 5.66. The molecule has 0 aromatic heterocycles. The fraction of sp³-hybridized carbons (Fsp3) is 1.00. The summed E-state index contributed by atoms with van der Waals surface area (Å²) in [6, 6.07) is 0. The predicted molar refractivity (Wildman–Crippen MR) is 53.2 cm³/mol. The number of hydrogen-bond acceptors (Lipinski definition) is 0. The summed E-state index contributed by atoms with van der Waals surface area (Å²) < 4.78 is 0. The van der Waals surface area contributed by atoms with Crippen LogP contribution in [0.1, 0.15) is 65.2 Å². The van der Waals surface area contributed by atoms with Crippen molar-refractivity contribution < 1.29 is 0 Å². The molecule has 1 spiro atoms. The molecule has 2 aliphatic rings. The summed E-state index contributed by atoms with van der Waals surface area (Å²) in [7, 11) is 0. The van der Waals surface area contributed by atoms with Crippen LogP contribution in [0.25, 0.3) is 0 Å². The number of hydrogen-bond donors (Lipinski definition) is 0. The van der Waals surface area contributed by atoms with Gasteiger partial charge in [0.1, 0.15) is 0 Å². The lowest BCUT2D eigenvalue weighted by atomic mass is 9.57. The van der Waals surface area contributed by atoms with Crippen LogP contribution in [-0.2, 0) is 0 Å². The summed E-state index contributed by atoms with van der Waals surface area (Å²) in [5.74, 6) is 0. The van der Waals surface area contributed by atoms with Crippen LogP contribution in [0.4, 0.5) is 0 Å². The van der Waals surface area contributed by atoms with Gasteiger partial charge in [-0.2, -0.15) is 0 Å². The molecule has 0 aromatic rings. The summed E-state index contributed by atoms with van der Waals surface area (Å²) >= 11 is 0. The van der Waals surface area contributed by atoms with Crippen LogP contribution in [0.2, 0.25) is 0 Å². The lowest BCUT2D eigenvalue weighted by Gasteiger charge is -2.48. The van der Waals surface area contributed by atoms with Crippen LogP contribution < -0.4 is 0 Å². The predicted octanol–water partition coefficient (Wildman–Crippen LogP) is 4.15. The normalized spacial score (nSPS) is 32.5. The zero-order valence-electron chi connectivity index (χ0n) is 8.66. The van der Waals surface area contributed by atoms with Gasteiger partial charge in [-0.1, -0.05) is 39.5 Å². The first-order chi connectivity index (χ1) is 5.66. The van der Waals surface area contributed by atoms with E-state index in [1.165, 1.54) is 51.4 Å². The molecule has 2 fully saturated rings. The van der Waals surface area contributed by atoms with E-state index in [9.17, 15) is 0 Å². The molecule has 12 heavy (non-hydrogen) atoms. The van der Waals surface area contributed by atoms with Crippen molar-refractivity contribution in [1.82, 2.24) is 0 Å². The van der Waals surface area contributed by atoms with Crippen molar-refractivity contribution in [2.24, 2.45) is 10.8 Å². The lowest BCUT2D eigenvalue weighted by molar-refractivity contribution is 0.0218. The fourth-order valence-electron chi connectivity index (χ4n) is 3.61. The van der Waals surface area contributed by atoms with Gasteiger partial charge in [0.2, 0.25) is 0 Å². The Morgan fingerprint density at radius 1 is 0.667 bits per heavy atom. The molecule has 0 bridgehead atoms. The molecule has 0 heterocycles. The molecule has 0 unspecified atom stereocenters. The standard InChI is InChI=1S/C12H22/c1-11(2)7-3-4-8-12(11)9-5-6-10-12/h3-10H2,1-2H3. The van der Waals surface area contributed by atoms with Crippen LogP contribution in [-0.4, -0.2) is 0 Å². The first-order valence-electron chi connectivity index (χ1n) is 5.66. The van der Waals surface area contributed by atoms with Crippen molar-refractivity contribution >= 4 is 0 Å². The van der Waals surface area contributed by atoms with Crippen molar-refractivity contribution in [2.75, 3.05) is 0 Å². The smallest absolute Gasteiger partial charge is 0.0246 e. The molecule has 0 saturated heterocycles. The second kappa shape index (κ2) is 2.75. The molecule has 2 rings (SSSR count). The molecule has 2 saturated carbocycles. The van der Waals surface area contributed by atoms with Gasteiger partial charge in [0.15, 0.2) is 0 Å². The van der Waals surface area contributed by atoms with E-state index >= 15 is 0 Å². The molecule has 0 aliphatic heterocycles. The average Bonchev–Trinajstić information content (AvgIpc) is 2.46. The number of rotatable bonds is 0. The minimum Gasteiger partial charge on any atom is -0.0594 e. The van der Waals surface area contributed by atoms with Gasteiger partial charge in [-0.05, 0) is 36.5 Å². The van der Waals surface area contributed by atoms with Crippen molar-refractivity contribution in [2.45, 2.75) is 65.2 Å². The molecule has 0 amide bonds. The van der Waals surface area contributed by atoms with E-state index in [4.69, 9.17) is 0 Å². The van der Waals surface area contributed by atoms with Gasteiger partial charge >= 0.3 is 0 Å². The Morgan fingerprint density at radius 2 is 1.08 bits per heavy atom. The van der Waals surface area contributed by atoms with Crippen molar-refractivity contribution in [3.8, 4) is 0 Å². The van der Waals surface area contributed by atoms with Gasteiger partial charge in [-0.15, -0.1) is 0 Å². The minimum atomic E-state index is 0.655. The van der Waals surface area contributed by atoms with Crippen molar-refractivity contribution in [3.63, 3.8) is 0 Å². The van der Waals surface area contributed by atoms with Crippen LogP contribution in [0, 0.1) is 10.8 Å². The van der Waals surface area contributed by atoms with Crippen molar-refractivity contribution in [3.05, 3.63) is 0 Å². The lowest BCUT2D eigenvalue weighted by Crippen LogP contribution is -2.38. The van der Waals surface area contributed by atoms with Crippen LogP contribution in [0.15, 0.2) is 0 Å². The molecule has 0 radical (unpaired) electrons. The van der Waals surface area contributed by atoms with Crippen LogP contribution in [0.3, 0.4) is 0 Å². The van der Waals surface area contributed by atoms with E-state index in [1.54, 1.807) is 0 Å². The highest BCUT2D eigenvalue weighted by Gasteiger charge is 2.47. The summed E-state index contributed by atoms with van der Waals surface area (Å²) in [5, 5.41) is 0. The summed E-state index contributed by atoms with van der Waals surface area (Å²) in [6.45, 7) is 5.02. The van der Waals surface area contributed by atoms with Crippen LogP contribution >= 0.6 is 0 Å². The third-order valence-electron chi connectivity index (χ3n) is 4.70. The van der Waals surface area contributed by atoms with E-state index in [0.717, 1.165) is 5.41 Å². The third kappa shape index (κ3) is 1.11. The van der Waals surface area contributed by atoms with Crippen LogP contribution in [0.5, 0.6) is 0 Å². The molecule has 2 aliphatic carbocycles. The largest absolute Gasteiger partial charge is 0.0594 e. The Kier molecular flexibility index (Phi) is 1.97. The summed E-state index contributed by atoms with van der Waals surface area (Å²) in [4.78, 5) is 0. The van der Waals surface area contributed by atoms with Gasteiger partial charge in [0.05, 0.1) is 0 Å². The zero-order valence-corrected chi connectivity index (χ0v) is 8.66. The maximum Gasteiger partial charge on any atom is -0.0246 e. The molecule has 0 atom stereocenters. The first kappa shape index (κ1) is 8.59. The molecular weight excluding hydrogens is 144 g/mol. The minimum absolute atomic E-state index is 0.655. The van der Waals surface area contributed by atoms with E-state index in [1.807, 2.05) is 0 Å². The highest BCUT2D eigenvalue weighted by molar-refractivity contribution is 4.98. The fourth-order valence-corrected chi connectivity index (χ4v) is 3.61. The highest BCUT2D eigenvalue weighted by atomic mass is 14.5. The Hall–Kier alpha value is 0. The Bertz CT molecular complexity index is 161. The third-order valence-corrected chi connectivity index (χ3v) is 4.70. The van der Waals surface area contributed by atoms with E-state index in [0.29, 0.717) is 5.41 Å². The molecule has 0 heteroatoms. The zero-order chi connectivity index (χ0) is 8.66. The van der Waals surface area contributed by atoms with E-state index < -0.39 is 0 Å². The van der Waals surface area contributed by atoms with Gasteiger partial charge in [0, 0.05) is 0 Å². The van der Waals surface area contributed by atoms with Gasteiger partial charge < -0.3 is 0 Å².